The Labute approximate surface area is 162 Å². The summed E-state index contributed by atoms with van der Waals surface area (Å²) in [5.41, 5.74) is 6.77. The largest absolute Gasteiger partial charge is 0.497 e. The van der Waals surface area contributed by atoms with Gasteiger partial charge in [-0.1, -0.05) is 23.7 Å². The summed E-state index contributed by atoms with van der Waals surface area (Å²) in [6.45, 7) is 0.245. The number of carbonyl (C=O) groups is 2. The number of ether oxygens (including phenoxy) is 2. The van der Waals surface area contributed by atoms with Crippen LogP contribution in [-0.2, 0) is 9.59 Å². The lowest BCUT2D eigenvalue weighted by Gasteiger charge is -2.19. The average Bonchev–Trinajstić information content (AvgIpc) is 2.63. The maximum absolute atomic E-state index is 11.9. The highest BCUT2D eigenvalue weighted by Crippen LogP contribution is 2.29. The van der Waals surface area contributed by atoms with Gasteiger partial charge in [0.2, 0.25) is 5.91 Å². The number of aliphatic carboxylic acids is 1. The Hall–Kier alpha value is -2.93. The Balaban J connectivity index is 2.17. The van der Waals surface area contributed by atoms with E-state index in [4.69, 9.17) is 31.9 Å². The highest BCUT2D eigenvalue weighted by molar-refractivity contribution is 6.30. The van der Waals surface area contributed by atoms with Crippen LogP contribution in [0.3, 0.4) is 0 Å². The van der Waals surface area contributed by atoms with Crippen LogP contribution < -0.4 is 20.5 Å². The van der Waals surface area contributed by atoms with Gasteiger partial charge in [0.15, 0.2) is 0 Å². The number of benzene rings is 2. The monoisotopic (exact) mass is 392 g/mol. The summed E-state index contributed by atoms with van der Waals surface area (Å²) in [7, 11) is 1.51. The third-order valence-electron chi connectivity index (χ3n) is 3.72. The van der Waals surface area contributed by atoms with Crippen molar-refractivity contribution in [3.8, 4) is 11.5 Å². The first-order valence-corrected chi connectivity index (χ1v) is 8.62. The number of amides is 1. The van der Waals surface area contributed by atoms with Gasteiger partial charge in [-0.05, 0) is 24.1 Å². The topological polar surface area (TPSA) is 111 Å². The molecule has 27 heavy (non-hydrogen) atoms. The molecule has 0 saturated carbocycles. The van der Waals surface area contributed by atoms with Crippen LogP contribution in [0.25, 0.3) is 0 Å². The molecule has 0 aromatic heterocycles. The molecule has 2 aromatic rings. The third-order valence-corrected chi connectivity index (χ3v) is 3.97. The molecule has 0 aliphatic heterocycles. The highest BCUT2D eigenvalue weighted by Gasteiger charge is 2.18. The molecule has 1 amide bonds. The number of anilines is 1. The van der Waals surface area contributed by atoms with Crippen molar-refractivity contribution in [3.63, 3.8) is 0 Å². The fourth-order valence-corrected chi connectivity index (χ4v) is 2.54. The van der Waals surface area contributed by atoms with Crippen LogP contribution in [-0.4, -0.2) is 30.7 Å². The third kappa shape index (κ3) is 6.38. The summed E-state index contributed by atoms with van der Waals surface area (Å²) >= 11 is 5.89. The van der Waals surface area contributed by atoms with Crippen LogP contribution in [0.5, 0.6) is 11.5 Å². The molecular formula is C19H21ClN2O5. The molecular weight excluding hydrogens is 372 g/mol. The minimum Gasteiger partial charge on any atom is -0.497 e. The standard InChI is InChI=1S/C19H21ClN2O5/c1-26-15-9-14(10-16(11-15)27-8-2-3-17(23)24)22-18(19(21)25)12-4-6-13(20)7-5-12/h4-7,9-11,18,22H,2-3,8H2,1H3,(H2,21,25)(H,23,24). The molecule has 1 unspecified atom stereocenters. The molecule has 0 fully saturated rings. The summed E-state index contributed by atoms with van der Waals surface area (Å²) in [5.74, 6) is -0.419. The molecule has 0 radical (unpaired) electrons. The second kappa shape index (κ2) is 9.68. The first-order valence-electron chi connectivity index (χ1n) is 8.24. The predicted molar refractivity (Wildman–Crippen MR) is 102 cm³/mol. The number of rotatable bonds is 10. The maximum atomic E-state index is 11.9. The quantitative estimate of drug-likeness (QED) is 0.535. The average molecular weight is 393 g/mol. The van der Waals surface area contributed by atoms with E-state index in [0.29, 0.717) is 34.2 Å². The van der Waals surface area contributed by atoms with Gasteiger partial charge in [-0.3, -0.25) is 9.59 Å². The van der Waals surface area contributed by atoms with Crippen LogP contribution in [0.2, 0.25) is 5.02 Å². The number of carboxylic acids is 1. The maximum Gasteiger partial charge on any atom is 0.303 e. The summed E-state index contributed by atoms with van der Waals surface area (Å²) in [6.07, 6.45) is 0.402. The van der Waals surface area contributed by atoms with Crippen molar-refractivity contribution >= 4 is 29.2 Å². The van der Waals surface area contributed by atoms with Crippen molar-refractivity contribution in [2.75, 3.05) is 19.0 Å². The smallest absolute Gasteiger partial charge is 0.303 e. The summed E-state index contributed by atoms with van der Waals surface area (Å²) in [4.78, 5) is 22.5. The number of hydrogen-bond acceptors (Lipinski definition) is 5. The number of halogens is 1. The van der Waals surface area contributed by atoms with E-state index in [1.54, 1.807) is 42.5 Å². The zero-order valence-corrected chi connectivity index (χ0v) is 15.5. The Bertz CT molecular complexity index is 795. The van der Waals surface area contributed by atoms with E-state index >= 15 is 0 Å². The molecule has 0 aliphatic carbocycles. The molecule has 8 heteroatoms. The van der Waals surface area contributed by atoms with Crippen molar-refractivity contribution in [2.45, 2.75) is 18.9 Å². The number of carbonyl (C=O) groups excluding carboxylic acids is 1. The van der Waals surface area contributed by atoms with Gasteiger partial charge in [0, 0.05) is 35.3 Å². The van der Waals surface area contributed by atoms with Crippen molar-refractivity contribution in [1.29, 1.82) is 0 Å². The Morgan fingerprint density at radius 1 is 1.19 bits per heavy atom. The van der Waals surface area contributed by atoms with Gasteiger partial charge in [-0.2, -0.15) is 0 Å². The second-order valence-electron chi connectivity index (χ2n) is 5.77. The lowest BCUT2D eigenvalue weighted by molar-refractivity contribution is -0.137. The molecule has 2 aromatic carbocycles. The lowest BCUT2D eigenvalue weighted by Crippen LogP contribution is -2.27. The predicted octanol–water partition coefficient (Wildman–Crippen LogP) is 3.23. The summed E-state index contributed by atoms with van der Waals surface area (Å²) in [5, 5.41) is 12.3. The molecule has 0 spiro atoms. The number of nitrogens with one attached hydrogen (secondary N) is 1. The van der Waals surface area contributed by atoms with E-state index in [1.165, 1.54) is 7.11 Å². The molecule has 7 nitrogen and oxygen atoms in total. The number of methoxy groups -OCH3 is 1. The molecule has 0 aliphatic rings. The Morgan fingerprint density at radius 3 is 2.44 bits per heavy atom. The Kier molecular flexibility index (Phi) is 7.31. The SMILES string of the molecule is COc1cc(NC(C(N)=O)c2ccc(Cl)cc2)cc(OCCCC(=O)O)c1. The molecule has 0 bridgehead atoms. The van der Waals surface area contributed by atoms with Gasteiger partial charge in [-0.15, -0.1) is 0 Å². The molecule has 144 valence electrons. The van der Waals surface area contributed by atoms with Gasteiger partial charge < -0.3 is 25.6 Å². The first kappa shape index (κ1) is 20.4. The van der Waals surface area contributed by atoms with Crippen molar-refractivity contribution in [1.82, 2.24) is 0 Å². The lowest BCUT2D eigenvalue weighted by atomic mass is 10.1. The fraction of sp³-hybridized carbons (Fsp3) is 0.263. The fourth-order valence-electron chi connectivity index (χ4n) is 2.41. The van der Waals surface area contributed by atoms with E-state index in [-0.39, 0.29) is 13.0 Å². The van der Waals surface area contributed by atoms with Gasteiger partial charge in [0.25, 0.3) is 0 Å². The van der Waals surface area contributed by atoms with Crippen LogP contribution >= 0.6 is 11.6 Å². The number of hydrogen-bond donors (Lipinski definition) is 3. The van der Waals surface area contributed by atoms with E-state index < -0.39 is 17.9 Å². The van der Waals surface area contributed by atoms with Crippen molar-refractivity contribution in [2.24, 2.45) is 5.73 Å². The van der Waals surface area contributed by atoms with Crippen molar-refractivity contribution < 1.29 is 24.2 Å². The van der Waals surface area contributed by atoms with Crippen LogP contribution in [0, 0.1) is 0 Å². The first-order chi connectivity index (χ1) is 12.9. The normalized spacial score (nSPS) is 11.5. The van der Waals surface area contributed by atoms with E-state index in [2.05, 4.69) is 5.32 Å². The second-order valence-corrected chi connectivity index (χ2v) is 6.21. The Morgan fingerprint density at radius 2 is 1.85 bits per heavy atom. The van der Waals surface area contributed by atoms with Gasteiger partial charge in [0.05, 0.1) is 13.7 Å². The molecule has 4 N–H and O–H groups in total. The highest BCUT2D eigenvalue weighted by atomic mass is 35.5. The zero-order chi connectivity index (χ0) is 19.8. The van der Waals surface area contributed by atoms with Gasteiger partial charge >= 0.3 is 5.97 Å². The van der Waals surface area contributed by atoms with Crippen LogP contribution in [0.15, 0.2) is 42.5 Å². The number of carboxylic acid groups (broad SMARTS) is 1. The van der Waals surface area contributed by atoms with Crippen molar-refractivity contribution in [3.05, 3.63) is 53.1 Å². The van der Waals surface area contributed by atoms with Gasteiger partial charge in [0.1, 0.15) is 17.5 Å². The van der Waals surface area contributed by atoms with Crippen LogP contribution in [0.4, 0.5) is 5.69 Å². The summed E-state index contributed by atoms with van der Waals surface area (Å²) in [6, 6.07) is 11.1. The minimum atomic E-state index is -0.876. The van der Waals surface area contributed by atoms with Crippen LogP contribution in [0.1, 0.15) is 24.4 Å². The van der Waals surface area contributed by atoms with E-state index in [9.17, 15) is 9.59 Å². The molecule has 0 heterocycles. The molecule has 1 atom stereocenters. The van der Waals surface area contributed by atoms with E-state index in [1.807, 2.05) is 0 Å². The van der Waals surface area contributed by atoms with E-state index in [0.717, 1.165) is 0 Å². The minimum absolute atomic E-state index is 0.0232. The molecule has 0 saturated heterocycles. The summed E-state index contributed by atoms with van der Waals surface area (Å²) < 4.78 is 10.8. The number of primary amides is 1. The molecule has 2 rings (SSSR count). The van der Waals surface area contributed by atoms with Gasteiger partial charge in [-0.25, -0.2) is 0 Å². The number of nitrogens with two attached hydrogens (primary N) is 1. The zero-order valence-electron chi connectivity index (χ0n) is 14.8.